The predicted molar refractivity (Wildman–Crippen MR) is 126 cm³/mol. The van der Waals surface area contributed by atoms with Crippen molar-refractivity contribution in [2.45, 2.75) is 12.1 Å². The molecule has 0 bridgehead atoms. The molecule has 7 nitrogen and oxygen atoms in total. The maximum absolute atomic E-state index is 13.9. The summed E-state index contributed by atoms with van der Waals surface area (Å²) in [4.78, 5) is 42.6. The number of ketones is 1. The Morgan fingerprint density at radius 1 is 0.914 bits per heavy atom. The normalized spacial score (nSPS) is 24.3. The Kier molecular flexibility index (Phi) is 4.77. The Labute approximate surface area is 200 Å². The number of nitrogens with zero attached hydrogens (tertiary/aromatic N) is 3. The smallest absolute Gasteiger partial charge is 0.240 e. The van der Waals surface area contributed by atoms with Crippen LogP contribution in [0.15, 0.2) is 77.9 Å². The van der Waals surface area contributed by atoms with Crippen molar-refractivity contribution >= 4 is 29.5 Å². The average molecular weight is 469 g/mol. The zero-order valence-electron chi connectivity index (χ0n) is 18.7. The molecular weight excluding hydrogens is 449 g/mol. The molecule has 0 saturated carbocycles. The van der Waals surface area contributed by atoms with E-state index in [1.54, 1.807) is 35.5 Å². The molecule has 3 aromatic rings. The molecule has 0 radical (unpaired) electrons. The van der Waals surface area contributed by atoms with Crippen molar-refractivity contribution in [3.8, 4) is 5.75 Å². The van der Waals surface area contributed by atoms with Crippen LogP contribution in [0.5, 0.6) is 5.75 Å². The van der Waals surface area contributed by atoms with Crippen LogP contribution in [-0.4, -0.2) is 42.0 Å². The Morgan fingerprint density at radius 2 is 1.60 bits per heavy atom. The molecule has 0 N–H and O–H groups in total. The van der Waals surface area contributed by atoms with Crippen molar-refractivity contribution in [1.82, 2.24) is 5.01 Å². The molecule has 4 atom stereocenters. The first-order chi connectivity index (χ1) is 17.0. The van der Waals surface area contributed by atoms with E-state index in [4.69, 9.17) is 4.74 Å². The van der Waals surface area contributed by atoms with E-state index in [-0.39, 0.29) is 11.3 Å². The quantitative estimate of drug-likeness (QED) is 0.431. The van der Waals surface area contributed by atoms with E-state index < -0.39 is 41.6 Å². The molecule has 3 aliphatic heterocycles. The molecule has 1 unspecified atom stereocenters. The summed E-state index contributed by atoms with van der Waals surface area (Å²) < 4.78 is 18.9. The Balaban J connectivity index is 1.51. The number of ether oxygens (including phenoxy) is 1. The summed E-state index contributed by atoms with van der Waals surface area (Å²) in [5, 5.41) is 6.11. The number of hydrogen-bond acceptors (Lipinski definition) is 6. The lowest BCUT2D eigenvalue weighted by molar-refractivity contribution is -0.124. The van der Waals surface area contributed by atoms with E-state index in [2.05, 4.69) is 5.10 Å². The highest BCUT2D eigenvalue weighted by molar-refractivity contribution is 6.25. The van der Waals surface area contributed by atoms with Crippen LogP contribution in [0.1, 0.15) is 27.5 Å². The summed E-state index contributed by atoms with van der Waals surface area (Å²) in [6, 6.07) is 17.9. The zero-order valence-corrected chi connectivity index (χ0v) is 18.7. The average Bonchev–Trinajstić information content (AvgIpc) is 3.36. The first-order valence-corrected chi connectivity index (χ1v) is 11.2. The lowest BCUT2D eigenvalue weighted by atomic mass is 9.83. The molecule has 3 aliphatic rings. The number of fused-ring (bicyclic) bond motifs is 5. The van der Waals surface area contributed by atoms with E-state index in [0.29, 0.717) is 11.4 Å². The molecule has 0 spiro atoms. The van der Waals surface area contributed by atoms with Crippen LogP contribution in [0.25, 0.3) is 0 Å². The molecule has 3 aromatic carbocycles. The highest BCUT2D eigenvalue weighted by atomic mass is 19.1. The maximum atomic E-state index is 13.9. The van der Waals surface area contributed by atoms with E-state index >= 15 is 0 Å². The van der Waals surface area contributed by atoms with Crippen molar-refractivity contribution < 1.29 is 23.5 Å². The number of carbonyl (C=O) groups excluding carboxylic acids is 3. The molecule has 3 heterocycles. The number of hydrazone groups is 1. The second-order valence-electron chi connectivity index (χ2n) is 8.75. The number of amides is 2. The van der Waals surface area contributed by atoms with Crippen molar-refractivity contribution in [2.75, 3.05) is 12.0 Å². The number of Topliss-reactive ketones (excluding diaryl/α,β-unsaturated/α-hetero) is 1. The van der Waals surface area contributed by atoms with Gasteiger partial charge in [-0.15, -0.1) is 0 Å². The molecule has 2 saturated heterocycles. The predicted octanol–water partition coefficient (Wildman–Crippen LogP) is 3.60. The minimum absolute atomic E-state index is 0.251. The molecule has 2 amide bonds. The number of carbonyl (C=O) groups is 3. The van der Waals surface area contributed by atoms with Gasteiger partial charge in [0.25, 0.3) is 0 Å². The van der Waals surface area contributed by atoms with Crippen molar-refractivity contribution in [3.63, 3.8) is 0 Å². The topological polar surface area (TPSA) is 79.3 Å². The zero-order chi connectivity index (χ0) is 24.3. The number of rotatable bonds is 4. The molecule has 8 heteroatoms. The maximum Gasteiger partial charge on any atom is 0.240 e. The monoisotopic (exact) mass is 469 g/mol. The molecule has 0 aliphatic carbocycles. The van der Waals surface area contributed by atoms with Crippen LogP contribution in [0.3, 0.4) is 0 Å². The number of benzene rings is 3. The molecule has 174 valence electrons. The molecule has 35 heavy (non-hydrogen) atoms. The van der Waals surface area contributed by atoms with Crippen LogP contribution < -0.4 is 9.64 Å². The number of para-hydroxylation sites is 2. The summed E-state index contributed by atoms with van der Waals surface area (Å²) in [7, 11) is 1.47. The van der Waals surface area contributed by atoms with Gasteiger partial charge < -0.3 is 4.74 Å². The largest absolute Gasteiger partial charge is 0.495 e. The van der Waals surface area contributed by atoms with Gasteiger partial charge in [-0.2, -0.15) is 5.10 Å². The van der Waals surface area contributed by atoms with Gasteiger partial charge in [0.2, 0.25) is 11.8 Å². The number of methoxy groups -OCH3 is 1. The van der Waals surface area contributed by atoms with Crippen LogP contribution in [0.4, 0.5) is 10.1 Å². The van der Waals surface area contributed by atoms with Gasteiger partial charge in [-0.05, 0) is 47.5 Å². The third-order valence-corrected chi connectivity index (χ3v) is 7.02. The first kappa shape index (κ1) is 21.2. The Hall–Kier alpha value is -4.33. The van der Waals surface area contributed by atoms with Gasteiger partial charge >= 0.3 is 0 Å². The first-order valence-electron chi connectivity index (χ1n) is 11.2. The lowest BCUT2D eigenvalue weighted by Crippen LogP contribution is -2.44. The Bertz CT molecular complexity index is 1400. The molecule has 2 fully saturated rings. The van der Waals surface area contributed by atoms with Crippen molar-refractivity contribution in [2.24, 2.45) is 16.9 Å². The summed E-state index contributed by atoms with van der Waals surface area (Å²) in [5.41, 5.74) is 2.25. The van der Waals surface area contributed by atoms with Gasteiger partial charge in [-0.1, -0.05) is 36.4 Å². The highest BCUT2D eigenvalue weighted by Gasteiger charge is 2.65. The van der Waals surface area contributed by atoms with Crippen LogP contribution >= 0.6 is 0 Å². The van der Waals surface area contributed by atoms with Crippen LogP contribution in [-0.2, 0) is 9.59 Å². The van der Waals surface area contributed by atoms with Crippen molar-refractivity contribution in [1.29, 1.82) is 0 Å². The number of halogens is 1. The van der Waals surface area contributed by atoms with E-state index in [0.717, 1.165) is 16.0 Å². The van der Waals surface area contributed by atoms with Gasteiger partial charge in [0.1, 0.15) is 17.6 Å². The molecule has 0 aromatic heterocycles. The van der Waals surface area contributed by atoms with E-state index in [9.17, 15) is 18.8 Å². The van der Waals surface area contributed by atoms with Gasteiger partial charge in [-0.3, -0.25) is 19.4 Å². The van der Waals surface area contributed by atoms with Gasteiger partial charge in [0.05, 0.1) is 36.9 Å². The summed E-state index contributed by atoms with van der Waals surface area (Å²) in [5.74, 6) is -3.13. The number of hydrogen-bond donors (Lipinski definition) is 0. The number of imide groups is 1. The van der Waals surface area contributed by atoms with E-state index in [1.807, 2.05) is 24.3 Å². The number of anilines is 1. The third-order valence-electron chi connectivity index (χ3n) is 7.02. The standard InChI is InChI=1S/C27H20FN3O4/c1-35-20-9-5-4-8-19(20)30-26(33)21-22(27(30)34)24(25(32)15-10-12-17(28)13-11-15)31-23(21)18-7-3-2-6-16(18)14-29-31/h2-14,21-24H,1H3/t21-,22+,23?,24-/m1/s1. The second kappa shape index (κ2) is 7.87. The summed E-state index contributed by atoms with van der Waals surface area (Å²) >= 11 is 0. The third kappa shape index (κ3) is 3.02. The fourth-order valence-corrected chi connectivity index (χ4v) is 5.51. The minimum Gasteiger partial charge on any atom is -0.495 e. The van der Waals surface area contributed by atoms with Gasteiger partial charge in [-0.25, -0.2) is 9.29 Å². The lowest BCUT2D eigenvalue weighted by Gasteiger charge is -2.33. The van der Waals surface area contributed by atoms with Crippen LogP contribution in [0, 0.1) is 17.7 Å². The Morgan fingerprint density at radius 3 is 2.37 bits per heavy atom. The molecule has 6 rings (SSSR count). The fraction of sp³-hybridized carbons (Fsp3) is 0.185. The van der Waals surface area contributed by atoms with Gasteiger partial charge in [0, 0.05) is 5.56 Å². The SMILES string of the molecule is COc1ccccc1N1C(=O)[C@H]2[C@@H](C1=O)C1c3ccccc3C=NN1[C@H]2C(=O)c1ccc(F)cc1. The molecular formula is C27H20FN3O4. The summed E-state index contributed by atoms with van der Waals surface area (Å²) in [6.07, 6.45) is 1.64. The van der Waals surface area contributed by atoms with E-state index in [1.165, 1.54) is 31.4 Å². The second-order valence-corrected chi connectivity index (χ2v) is 8.75. The summed E-state index contributed by atoms with van der Waals surface area (Å²) in [6.45, 7) is 0. The fourth-order valence-electron chi connectivity index (χ4n) is 5.51. The minimum atomic E-state index is -1.02. The highest BCUT2D eigenvalue weighted by Crippen LogP contribution is 2.53. The van der Waals surface area contributed by atoms with Crippen molar-refractivity contribution in [3.05, 3.63) is 95.3 Å². The van der Waals surface area contributed by atoms with Gasteiger partial charge in [0.15, 0.2) is 5.78 Å². The van der Waals surface area contributed by atoms with Crippen LogP contribution in [0.2, 0.25) is 0 Å².